The Balaban J connectivity index is 2.03. The zero-order valence-electron chi connectivity index (χ0n) is 20.1. The fraction of sp³-hybridized carbons (Fsp3) is 0.286. The first-order valence-electron chi connectivity index (χ1n) is 11.7. The first-order valence-corrected chi connectivity index (χ1v) is 13.2. The van der Waals surface area contributed by atoms with E-state index in [2.05, 4.69) is 5.32 Å². The molecule has 0 aromatic heterocycles. The van der Waals surface area contributed by atoms with Gasteiger partial charge in [-0.1, -0.05) is 95.8 Å². The van der Waals surface area contributed by atoms with Crippen LogP contribution in [0, 0.1) is 0 Å². The van der Waals surface area contributed by atoms with Gasteiger partial charge >= 0.3 is 0 Å². The second-order valence-electron chi connectivity index (χ2n) is 8.67. The number of carbonyl (C=O) groups excluding carboxylic acids is 2. The molecule has 2 amide bonds. The molecule has 0 aliphatic heterocycles. The highest BCUT2D eigenvalue weighted by Crippen LogP contribution is 2.28. The Hall–Kier alpha value is -2.24. The number of carbonyl (C=O) groups is 2. The van der Waals surface area contributed by atoms with E-state index in [4.69, 9.17) is 46.4 Å². The minimum Gasteiger partial charge on any atom is -0.352 e. The van der Waals surface area contributed by atoms with Gasteiger partial charge in [-0.25, -0.2) is 0 Å². The zero-order chi connectivity index (χ0) is 26.2. The number of amides is 2. The van der Waals surface area contributed by atoms with E-state index in [0.717, 1.165) is 12.0 Å². The Morgan fingerprint density at radius 1 is 0.833 bits per heavy atom. The van der Waals surface area contributed by atoms with E-state index in [9.17, 15) is 9.59 Å². The second-order valence-corrected chi connectivity index (χ2v) is 10.3. The molecule has 3 rings (SSSR count). The van der Waals surface area contributed by atoms with Gasteiger partial charge in [0.05, 0.1) is 16.5 Å². The highest BCUT2D eigenvalue weighted by Gasteiger charge is 2.32. The van der Waals surface area contributed by atoms with Crippen LogP contribution in [-0.2, 0) is 29.0 Å². The molecular formula is C28H28Cl4N2O2. The van der Waals surface area contributed by atoms with Gasteiger partial charge in [-0.15, -0.1) is 0 Å². The molecule has 0 radical (unpaired) electrons. The summed E-state index contributed by atoms with van der Waals surface area (Å²) in [5, 5.41) is 4.66. The Morgan fingerprint density at radius 2 is 1.50 bits per heavy atom. The van der Waals surface area contributed by atoms with Crippen LogP contribution in [0.5, 0.6) is 0 Å². The molecule has 36 heavy (non-hydrogen) atoms. The molecule has 0 bridgehead atoms. The third kappa shape index (κ3) is 7.63. The minimum absolute atomic E-state index is 0.0286. The van der Waals surface area contributed by atoms with E-state index >= 15 is 0 Å². The van der Waals surface area contributed by atoms with Gasteiger partial charge in [-0.3, -0.25) is 9.59 Å². The summed E-state index contributed by atoms with van der Waals surface area (Å²) >= 11 is 25.2. The number of rotatable bonds is 10. The molecule has 0 aliphatic carbocycles. The van der Waals surface area contributed by atoms with E-state index in [1.807, 2.05) is 44.2 Å². The van der Waals surface area contributed by atoms with E-state index in [0.29, 0.717) is 37.6 Å². The summed E-state index contributed by atoms with van der Waals surface area (Å²) < 4.78 is 0. The number of halogens is 4. The highest BCUT2D eigenvalue weighted by molar-refractivity contribution is 6.42. The normalized spacial score (nSPS) is 12.6. The van der Waals surface area contributed by atoms with E-state index in [1.165, 1.54) is 0 Å². The van der Waals surface area contributed by atoms with Crippen LogP contribution in [0.15, 0.2) is 66.7 Å². The molecule has 0 saturated heterocycles. The van der Waals surface area contributed by atoms with Crippen molar-refractivity contribution < 1.29 is 9.59 Å². The summed E-state index contributed by atoms with van der Waals surface area (Å²) in [5.74, 6) is -0.497. The first kappa shape index (κ1) is 28.3. The molecule has 4 nitrogen and oxygen atoms in total. The highest BCUT2D eigenvalue weighted by atomic mass is 35.5. The lowest BCUT2D eigenvalue weighted by atomic mass is 10.0. The van der Waals surface area contributed by atoms with Crippen molar-refractivity contribution in [2.75, 3.05) is 0 Å². The van der Waals surface area contributed by atoms with Crippen molar-refractivity contribution >= 4 is 58.2 Å². The standard InChI is InChI=1S/C28H28Cl4N2O2/c1-3-18(2)33-28(36)26(15-19-8-5-4-6-9-19)34(17-21-22(29)10-7-11-23(21)30)27(35)16-20-12-13-24(31)25(32)14-20/h4-14,18,26H,3,15-17H2,1-2H3,(H,33,36)/t18-,26-/m0/s1. The quantitative estimate of drug-likeness (QED) is 0.278. The summed E-state index contributed by atoms with van der Waals surface area (Å²) in [4.78, 5) is 28.9. The molecule has 0 fully saturated rings. The molecule has 3 aromatic rings. The largest absolute Gasteiger partial charge is 0.352 e. The lowest BCUT2D eigenvalue weighted by Crippen LogP contribution is -2.52. The average Bonchev–Trinajstić information content (AvgIpc) is 2.85. The third-order valence-corrected chi connectivity index (χ3v) is 7.45. The molecule has 0 aliphatic rings. The Labute approximate surface area is 232 Å². The Kier molecular flexibility index (Phi) is 10.5. The van der Waals surface area contributed by atoms with Crippen LogP contribution in [0.4, 0.5) is 0 Å². The van der Waals surface area contributed by atoms with Crippen LogP contribution in [0.3, 0.4) is 0 Å². The summed E-state index contributed by atoms with van der Waals surface area (Å²) in [6, 6.07) is 19.0. The van der Waals surface area contributed by atoms with Crippen LogP contribution in [-0.4, -0.2) is 28.8 Å². The van der Waals surface area contributed by atoms with Gasteiger partial charge in [0.1, 0.15) is 6.04 Å². The number of benzene rings is 3. The van der Waals surface area contributed by atoms with Crippen LogP contribution in [0.25, 0.3) is 0 Å². The fourth-order valence-corrected chi connectivity index (χ4v) is 4.61. The van der Waals surface area contributed by atoms with Gasteiger partial charge in [0, 0.05) is 34.6 Å². The van der Waals surface area contributed by atoms with E-state index in [-0.39, 0.29) is 30.8 Å². The van der Waals surface area contributed by atoms with Gasteiger partial charge < -0.3 is 10.2 Å². The smallest absolute Gasteiger partial charge is 0.243 e. The van der Waals surface area contributed by atoms with Crippen LogP contribution < -0.4 is 5.32 Å². The van der Waals surface area contributed by atoms with Crippen molar-refractivity contribution in [1.29, 1.82) is 0 Å². The topological polar surface area (TPSA) is 49.4 Å². The molecule has 0 heterocycles. The molecule has 1 N–H and O–H groups in total. The monoisotopic (exact) mass is 564 g/mol. The van der Waals surface area contributed by atoms with Crippen LogP contribution in [0.1, 0.15) is 37.0 Å². The summed E-state index contributed by atoms with van der Waals surface area (Å²) in [6.07, 6.45) is 1.12. The zero-order valence-corrected chi connectivity index (χ0v) is 23.1. The Bertz CT molecular complexity index is 1180. The van der Waals surface area contributed by atoms with Crippen molar-refractivity contribution in [1.82, 2.24) is 10.2 Å². The van der Waals surface area contributed by atoms with E-state index < -0.39 is 6.04 Å². The SMILES string of the molecule is CC[C@H](C)NC(=O)[C@H](Cc1ccccc1)N(Cc1c(Cl)cccc1Cl)C(=O)Cc1ccc(Cl)c(Cl)c1. The third-order valence-electron chi connectivity index (χ3n) is 6.00. The molecule has 2 atom stereocenters. The molecule has 0 spiro atoms. The summed E-state index contributed by atoms with van der Waals surface area (Å²) in [5.41, 5.74) is 2.20. The minimum atomic E-state index is -0.788. The predicted molar refractivity (Wildman–Crippen MR) is 149 cm³/mol. The maximum absolute atomic E-state index is 13.8. The number of hydrogen-bond donors (Lipinski definition) is 1. The van der Waals surface area contributed by atoms with Crippen molar-refractivity contribution in [3.8, 4) is 0 Å². The Morgan fingerprint density at radius 3 is 2.11 bits per heavy atom. The first-order chi connectivity index (χ1) is 17.2. The summed E-state index contributed by atoms with van der Waals surface area (Å²) in [7, 11) is 0. The van der Waals surface area contributed by atoms with Gasteiger partial charge in [0.2, 0.25) is 11.8 Å². The molecule has 8 heteroatoms. The fourth-order valence-electron chi connectivity index (χ4n) is 3.77. The van der Waals surface area contributed by atoms with Gasteiger partial charge in [-0.2, -0.15) is 0 Å². The van der Waals surface area contributed by atoms with Crippen LogP contribution >= 0.6 is 46.4 Å². The molecule has 3 aromatic carbocycles. The van der Waals surface area contributed by atoms with Crippen molar-refractivity contribution in [2.24, 2.45) is 0 Å². The van der Waals surface area contributed by atoms with E-state index in [1.54, 1.807) is 41.3 Å². The average molecular weight is 566 g/mol. The number of nitrogens with zero attached hydrogens (tertiary/aromatic N) is 1. The van der Waals surface area contributed by atoms with Crippen LogP contribution in [0.2, 0.25) is 20.1 Å². The van der Waals surface area contributed by atoms with Gasteiger partial charge in [0.15, 0.2) is 0 Å². The lowest BCUT2D eigenvalue weighted by Gasteiger charge is -2.33. The van der Waals surface area contributed by atoms with Crippen molar-refractivity contribution in [3.05, 3.63) is 104 Å². The predicted octanol–water partition coefficient (Wildman–Crippen LogP) is 7.40. The second kappa shape index (κ2) is 13.3. The summed E-state index contributed by atoms with van der Waals surface area (Å²) in [6.45, 7) is 4.00. The lowest BCUT2D eigenvalue weighted by molar-refractivity contribution is -0.141. The number of hydrogen-bond acceptors (Lipinski definition) is 2. The van der Waals surface area contributed by atoms with Gasteiger partial charge in [-0.05, 0) is 48.7 Å². The molecule has 0 unspecified atom stereocenters. The van der Waals surface area contributed by atoms with Gasteiger partial charge in [0.25, 0.3) is 0 Å². The maximum Gasteiger partial charge on any atom is 0.243 e. The maximum atomic E-state index is 13.8. The van der Waals surface area contributed by atoms with Crippen molar-refractivity contribution in [2.45, 2.75) is 51.7 Å². The van der Waals surface area contributed by atoms with Crippen molar-refractivity contribution in [3.63, 3.8) is 0 Å². The molecule has 190 valence electrons. The number of nitrogens with one attached hydrogen (secondary N) is 1. The molecular weight excluding hydrogens is 538 g/mol. The molecule has 0 saturated carbocycles.